The van der Waals surface area contributed by atoms with Crippen LogP contribution in [-0.2, 0) is 4.79 Å². The second kappa shape index (κ2) is 6.81. The molecule has 0 unspecified atom stereocenters. The summed E-state index contributed by atoms with van der Waals surface area (Å²) in [6, 6.07) is 4.93. The summed E-state index contributed by atoms with van der Waals surface area (Å²) in [5.41, 5.74) is 1.12. The number of rotatable bonds is 3. The van der Waals surface area contributed by atoms with Crippen molar-refractivity contribution in [2.75, 3.05) is 24.6 Å². The van der Waals surface area contributed by atoms with Crippen LogP contribution in [0.25, 0.3) is 6.08 Å². The molecule has 1 saturated heterocycles. The fourth-order valence-corrected chi connectivity index (χ4v) is 3.05. The monoisotopic (exact) mass is 311 g/mol. The first-order valence-electron chi connectivity index (χ1n) is 6.15. The van der Waals surface area contributed by atoms with Crippen LogP contribution in [0.4, 0.5) is 0 Å². The number of nitrogens with zero attached hydrogens (tertiary/aromatic N) is 1. The van der Waals surface area contributed by atoms with Crippen LogP contribution in [-0.4, -0.2) is 46.5 Å². The van der Waals surface area contributed by atoms with Gasteiger partial charge in [-0.05, 0) is 23.8 Å². The highest BCUT2D eigenvalue weighted by Gasteiger charge is 2.18. The van der Waals surface area contributed by atoms with E-state index in [9.17, 15) is 9.59 Å². The van der Waals surface area contributed by atoms with Gasteiger partial charge in [0, 0.05) is 41.3 Å². The maximum Gasteiger partial charge on any atom is 0.328 e. The van der Waals surface area contributed by atoms with Crippen molar-refractivity contribution in [1.29, 1.82) is 0 Å². The molecule has 4 nitrogen and oxygen atoms in total. The molecule has 6 heteroatoms. The van der Waals surface area contributed by atoms with Crippen LogP contribution in [0.5, 0.6) is 0 Å². The number of carboxylic acids is 1. The number of carbonyl (C=O) groups is 2. The molecule has 0 bridgehead atoms. The molecule has 1 aliphatic rings. The molecule has 1 heterocycles. The Balaban J connectivity index is 2.15. The van der Waals surface area contributed by atoms with Crippen molar-refractivity contribution in [2.24, 2.45) is 0 Å². The number of hydrogen-bond donors (Lipinski definition) is 1. The fraction of sp³-hybridized carbons (Fsp3) is 0.286. The van der Waals surface area contributed by atoms with Crippen LogP contribution in [0.15, 0.2) is 24.3 Å². The average Bonchev–Trinajstić information content (AvgIpc) is 2.46. The van der Waals surface area contributed by atoms with Crippen LogP contribution in [0.1, 0.15) is 15.9 Å². The first-order chi connectivity index (χ1) is 9.58. The smallest absolute Gasteiger partial charge is 0.328 e. The van der Waals surface area contributed by atoms with Gasteiger partial charge in [0.1, 0.15) is 0 Å². The van der Waals surface area contributed by atoms with Crippen molar-refractivity contribution in [2.45, 2.75) is 0 Å². The van der Waals surface area contributed by atoms with Gasteiger partial charge in [0.2, 0.25) is 0 Å². The molecule has 1 fully saturated rings. The molecule has 20 heavy (non-hydrogen) atoms. The molecule has 0 aliphatic carbocycles. The Kier molecular flexibility index (Phi) is 5.09. The third kappa shape index (κ3) is 3.77. The molecule has 0 saturated carbocycles. The number of hydrogen-bond acceptors (Lipinski definition) is 3. The van der Waals surface area contributed by atoms with E-state index < -0.39 is 5.97 Å². The summed E-state index contributed by atoms with van der Waals surface area (Å²) >= 11 is 7.92. The number of aliphatic carboxylic acids is 1. The molecule has 1 aliphatic heterocycles. The molecule has 0 aromatic heterocycles. The van der Waals surface area contributed by atoms with Gasteiger partial charge < -0.3 is 10.0 Å². The SMILES string of the molecule is O=C(O)/C=C/c1ccc(C(=O)N2CCSCC2)cc1Cl. The Morgan fingerprint density at radius 2 is 2.00 bits per heavy atom. The van der Waals surface area contributed by atoms with Crippen LogP contribution >= 0.6 is 23.4 Å². The van der Waals surface area contributed by atoms with Crippen LogP contribution in [0.3, 0.4) is 0 Å². The first kappa shape index (κ1) is 14.9. The van der Waals surface area contributed by atoms with E-state index in [0.717, 1.165) is 30.7 Å². The van der Waals surface area contributed by atoms with Gasteiger partial charge in [0.05, 0.1) is 0 Å². The number of benzene rings is 1. The minimum absolute atomic E-state index is 0.0269. The number of thioether (sulfide) groups is 1. The van der Waals surface area contributed by atoms with Crippen molar-refractivity contribution in [3.8, 4) is 0 Å². The molecular formula is C14H14ClNO3S. The lowest BCUT2D eigenvalue weighted by Gasteiger charge is -2.26. The number of carboxylic acid groups (broad SMARTS) is 1. The van der Waals surface area contributed by atoms with Crippen molar-refractivity contribution in [1.82, 2.24) is 4.90 Å². The van der Waals surface area contributed by atoms with Gasteiger partial charge in [-0.2, -0.15) is 11.8 Å². The van der Waals surface area contributed by atoms with Gasteiger partial charge in [-0.3, -0.25) is 4.79 Å². The number of carbonyl (C=O) groups excluding carboxylic acids is 1. The maximum atomic E-state index is 12.3. The molecule has 2 rings (SSSR count). The largest absolute Gasteiger partial charge is 0.478 e. The summed E-state index contributed by atoms with van der Waals surface area (Å²) in [4.78, 5) is 24.6. The van der Waals surface area contributed by atoms with E-state index in [2.05, 4.69) is 0 Å². The number of halogens is 1. The van der Waals surface area contributed by atoms with Crippen LogP contribution in [0.2, 0.25) is 5.02 Å². The van der Waals surface area contributed by atoms with E-state index in [-0.39, 0.29) is 5.91 Å². The summed E-state index contributed by atoms with van der Waals surface area (Å²) in [5, 5.41) is 8.96. The summed E-state index contributed by atoms with van der Waals surface area (Å²) in [5.74, 6) is 0.852. The molecular weight excluding hydrogens is 298 g/mol. The Bertz CT molecular complexity index is 553. The van der Waals surface area contributed by atoms with Crippen LogP contribution < -0.4 is 0 Å². The Hall–Kier alpha value is -1.46. The second-order valence-corrected chi connectivity index (χ2v) is 5.94. The molecule has 1 aromatic carbocycles. The molecule has 106 valence electrons. The van der Waals surface area contributed by atoms with Gasteiger partial charge in [-0.1, -0.05) is 17.7 Å². The predicted octanol–water partition coefficient (Wildman–Crippen LogP) is 2.63. The summed E-state index contributed by atoms with van der Waals surface area (Å²) < 4.78 is 0. The van der Waals surface area contributed by atoms with E-state index in [1.54, 1.807) is 18.2 Å². The Morgan fingerprint density at radius 3 is 2.60 bits per heavy atom. The quantitative estimate of drug-likeness (QED) is 0.872. The molecule has 0 spiro atoms. The molecule has 1 amide bonds. The van der Waals surface area contributed by atoms with Crippen molar-refractivity contribution >= 4 is 41.3 Å². The zero-order chi connectivity index (χ0) is 14.5. The third-order valence-electron chi connectivity index (χ3n) is 2.95. The third-order valence-corrected chi connectivity index (χ3v) is 4.22. The normalized spacial score (nSPS) is 15.6. The average molecular weight is 312 g/mol. The van der Waals surface area contributed by atoms with E-state index in [0.29, 0.717) is 16.1 Å². The Labute approximate surface area is 126 Å². The highest BCUT2D eigenvalue weighted by atomic mass is 35.5. The Morgan fingerprint density at radius 1 is 1.30 bits per heavy atom. The van der Waals surface area contributed by atoms with Crippen molar-refractivity contribution in [3.05, 3.63) is 40.4 Å². The van der Waals surface area contributed by atoms with Gasteiger partial charge in [0.15, 0.2) is 0 Å². The summed E-state index contributed by atoms with van der Waals surface area (Å²) in [6.07, 6.45) is 2.43. The van der Waals surface area contributed by atoms with Crippen molar-refractivity contribution < 1.29 is 14.7 Å². The van der Waals surface area contributed by atoms with E-state index >= 15 is 0 Å². The van der Waals surface area contributed by atoms with Crippen LogP contribution in [0, 0.1) is 0 Å². The standard InChI is InChI=1S/C14H14ClNO3S/c15-12-9-11(2-1-10(12)3-4-13(17)18)14(19)16-5-7-20-8-6-16/h1-4,9H,5-8H2,(H,17,18)/b4-3+. The van der Waals surface area contributed by atoms with E-state index in [1.807, 2.05) is 16.7 Å². The minimum atomic E-state index is -1.04. The van der Waals surface area contributed by atoms with Gasteiger partial charge in [0.25, 0.3) is 5.91 Å². The van der Waals surface area contributed by atoms with E-state index in [1.165, 1.54) is 6.08 Å². The summed E-state index contributed by atoms with van der Waals surface area (Å²) in [6.45, 7) is 1.50. The number of amides is 1. The van der Waals surface area contributed by atoms with Gasteiger partial charge in [-0.15, -0.1) is 0 Å². The lowest BCUT2D eigenvalue weighted by Crippen LogP contribution is -2.37. The topological polar surface area (TPSA) is 57.6 Å². The predicted molar refractivity (Wildman–Crippen MR) is 81.4 cm³/mol. The first-order valence-corrected chi connectivity index (χ1v) is 7.69. The van der Waals surface area contributed by atoms with Crippen molar-refractivity contribution in [3.63, 3.8) is 0 Å². The molecule has 0 atom stereocenters. The van der Waals surface area contributed by atoms with Gasteiger partial charge in [-0.25, -0.2) is 4.79 Å². The van der Waals surface area contributed by atoms with Gasteiger partial charge >= 0.3 is 5.97 Å². The second-order valence-electron chi connectivity index (χ2n) is 4.31. The summed E-state index contributed by atoms with van der Waals surface area (Å²) in [7, 11) is 0. The lowest BCUT2D eigenvalue weighted by molar-refractivity contribution is -0.131. The zero-order valence-corrected chi connectivity index (χ0v) is 12.3. The molecule has 1 N–H and O–H groups in total. The maximum absolute atomic E-state index is 12.3. The fourth-order valence-electron chi connectivity index (χ4n) is 1.91. The van der Waals surface area contributed by atoms with E-state index in [4.69, 9.17) is 16.7 Å². The molecule has 0 radical (unpaired) electrons. The lowest BCUT2D eigenvalue weighted by atomic mass is 10.1. The highest BCUT2D eigenvalue weighted by molar-refractivity contribution is 7.99. The zero-order valence-electron chi connectivity index (χ0n) is 10.7. The molecule has 1 aromatic rings. The highest BCUT2D eigenvalue weighted by Crippen LogP contribution is 2.21. The minimum Gasteiger partial charge on any atom is -0.478 e.